The normalized spacial score (nSPS) is 11.4. The van der Waals surface area contributed by atoms with Crippen molar-refractivity contribution in [2.75, 3.05) is 18.5 Å². The number of carbonyl (C=O) groups is 2. The molecule has 0 aromatic heterocycles. The first kappa shape index (κ1) is 26.0. The van der Waals surface area contributed by atoms with Crippen LogP contribution in [0, 0.1) is 0 Å². The highest BCUT2D eigenvalue weighted by Crippen LogP contribution is 2.24. The lowest BCUT2D eigenvalue weighted by Crippen LogP contribution is -2.32. The molecule has 188 valence electrons. The third-order valence-electron chi connectivity index (χ3n) is 5.64. The van der Waals surface area contributed by atoms with Crippen LogP contribution >= 0.6 is 15.9 Å². The number of carboxylic acids is 1. The Labute approximate surface area is 224 Å². The van der Waals surface area contributed by atoms with Crippen molar-refractivity contribution >= 4 is 33.4 Å². The van der Waals surface area contributed by atoms with Gasteiger partial charge in [-0.1, -0.05) is 66.7 Å². The molecule has 0 fully saturated rings. The molecule has 37 heavy (non-hydrogen) atoms. The molecule has 0 saturated carbocycles. The van der Waals surface area contributed by atoms with E-state index in [0.29, 0.717) is 35.8 Å². The van der Waals surface area contributed by atoms with Crippen LogP contribution in [-0.4, -0.2) is 36.1 Å². The van der Waals surface area contributed by atoms with E-state index in [-0.39, 0.29) is 12.2 Å². The Hall–Kier alpha value is -4.10. The van der Waals surface area contributed by atoms with Crippen LogP contribution in [0.2, 0.25) is 0 Å². The molecule has 4 aromatic carbocycles. The van der Waals surface area contributed by atoms with Gasteiger partial charge in [0.15, 0.2) is 5.78 Å². The van der Waals surface area contributed by atoms with Gasteiger partial charge < -0.3 is 19.9 Å². The maximum atomic E-state index is 13.0. The average Bonchev–Trinajstić information content (AvgIpc) is 2.93. The van der Waals surface area contributed by atoms with Gasteiger partial charge in [-0.25, -0.2) is 4.79 Å². The molecule has 0 bridgehead atoms. The lowest BCUT2D eigenvalue weighted by Gasteiger charge is -2.18. The molecule has 2 N–H and O–H groups in total. The van der Waals surface area contributed by atoms with E-state index in [0.717, 1.165) is 15.8 Å². The summed E-state index contributed by atoms with van der Waals surface area (Å²) in [5.74, 6) is 0.239. The summed E-state index contributed by atoms with van der Waals surface area (Å²) in [4.78, 5) is 25.1. The lowest BCUT2D eigenvalue weighted by atomic mass is 10.00. The Bertz CT molecular complexity index is 1340. The second-order valence-electron chi connectivity index (χ2n) is 8.25. The van der Waals surface area contributed by atoms with Gasteiger partial charge in [0.25, 0.3) is 0 Å². The molecule has 1 atom stereocenters. The van der Waals surface area contributed by atoms with Gasteiger partial charge in [0, 0.05) is 23.2 Å². The number of para-hydroxylation sites is 2. The van der Waals surface area contributed by atoms with Crippen LogP contribution in [0.5, 0.6) is 11.5 Å². The summed E-state index contributed by atoms with van der Waals surface area (Å²) < 4.78 is 12.3. The largest absolute Gasteiger partial charge is 0.490 e. The summed E-state index contributed by atoms with van der Waals surface area (Å²) >= 11 is 3.44. The minimum Gasteiger partial charge on any atom is -0.490 e. The van der Waals surface area contributed by atoms with Gasteiger partial charge in [0.2, 0.25) is 0 Å². The number of halogens is 1. The van der Waals surface area contributed by atoms with Crippen LogP contribution < -0.4 is 14.8 Å². The van der Waals surface area contributed by atoms with Crippen LogP contribution in [0.15, 0.2) is 108 Å². The fraction of sp³-hybridized carbons (Fsp3) is 0.133. The van der Waals surface area contributed by atoms with E-state index in [9.17, 15) is 14.7 Å². The zero-order chi connectivity index (χ0) is 26.0. The number of hydrogen-bond acceptors (Lipinski definition) is 5. The lowest BCUT2D eigenvalue weighted by molar-refractivity contribution is -0.137. The fourth-order valence-corrected chi connectivity index (χ4v) is 4.17. The summed E-state index contributed by atoms with van der Waals surface area (Å²) in [6.45, 7) is 0.753. The number of carboxylic acid groups (broad SMARTS) is 1. The van der Waals surface area contributed by atoms with Crippen LogP contribution in [0.1, 0.15) is 21.5 Å². The smallest absolute Gasteiger partial charge is 0.326 e. The highest BCUT2D eigenvalue weighted by Gasteiger charge is 2.21. The fourth-order valence-electron chi connectivity index (χ4n) is 3.77. The predicted molar refractivity (Wildman–Crippen MR) is 147 cm³/mol. The van der Waals surface area contributed by atoms with Crippen molar-refractivity contribution in [3.8, 4) is 11.5 Å². The van der Waals surface area contributed by atoms with E-state index >= 15 is 0 Å². The molecular weight excluding hydrogens is 534 g/mol. The first-order chi connectivity index (χ1) is 18.0. The number of carbonyl (C=O) groups excluding carboxylic acids is 1. The van der Waals surface area contributed by atoms with E-state index in [1.807, 2.05) is 42.5 Å². The molecule has 0 aliphatic heterocycles. The van der Waals surface area contributed by atoms with Crippen molar-refractivity contribution < 1.29 is 24.2 Å². The van der Waals surface area contributed by atoms with Gasteiger partial charge in [0.05, 0.1) is 4.47 Å². The summed E-state index contributed by atoms with van der Waals surface area (Å²) in [5.41, 5.74) is 2.27. The first-order valence-corrected chi connectivity index (χ1v) is 12.6. The van der Waals surface area contributed by atoms with Crippen molar-refractivity contribution in [1.82, 2.24) is 0 Å². The number of aliphatic carboxylic acids is 1. The summed E-state index contributed by atoms with van der Waals surface area (Å²) in [6.07, 6.45) is 0.231. The Balaban J connectivity index is 1.36. The number of ketones is 1. The minimum absolute atomic E-state index is 0.169. The highest BCUT2D eigenvalue weighted by atomic mass is 79.9. The van der Waals surface area contributed by atoms with Gasteiger partial charge in [-0.05, 0) is 57.9 Å². The number of rotatable bonds is 12. The Morgan fingerprint density at radius 2 is 1.43 bits per heavy atom. The van der Waals surface area contributed by atoms with Crippen LogP contribution in [-0.2, 0) is 11.2 Å². The zero-order valence-electron chi connectivity index (χ0n) is 20.0. The van der Waals surface area contributed by atoms with Gasteiger partial charge >= 0.3 is 5.97 Å². The molecule has 0 aliphatic rings. The first-order valence-electron chi connectivity index (χ1n) is 11.8. The van der Waals surface area contributed by atoms with Crippen molar-refractivity contribution in [2.45, 2.75) is 12.5 Å². The molecule has 0 saturated heterocycles. The van der Waals surface area contributed by atoms with E-state index in [2.05, 4.69) is 21.2 Å². The Morgan fingerprint density at radius 1 is 0.784 bits per heavy atom. The van der Waals surface area contributed by atoms with Crippen molar-refractivity contribution in [3.63, 3.8) is 0 Å². The van der Waals surface area contributed by atoms with Gasteiger partial charge in [-0.15, -0.1) is 0 Å². The summed E-state index contributed by atoms with van der Waals surface area (Å²) in [7, 11) is 0. The topological polar surface area (TPSA) is 84.9 Å². The quantitative estimate of drug-likeness (QED) is 0.158. The summed E-state index contributed by atoms with van der Waals surface area (Å²) in [5, 5.41) is 12.9. The second kappa shape index (κ2) is 12.7. The second-order valence-corrected chi connectivity index (χ2v) is 9.11. The van der Waals surface area contributed by atoms with Gasteiger partial charge in [-0.2, -0.15) is 0 Å². The monoisotopic (exact) mass is 559 g/mol. The molecule has 0 amide bonds. The van der Waals surface area contributed by atoms with Crippen molar-refractivity contribution in [3.05, 3.63) is 124 Å². The maximum absolute atomic E-state index is 13.0. The van der Waals surface area contributed by atoms with E-state index in [1.165, 1.54) is 0 Å². The molecule has 0 spiro atoms. The Morgan fingerprint density at radius 3 is 2.16 bits per heavy atom. The third-order valence-corrected chi connectivity index (χ3v) is 6.30. The molecule has 0 heterocycles. The third kappa shape index (κ3) is 7.21. The van der Waals surface area contributed by atoms with Crippen molar-refractivity contribution in [1.29, 1.82) is 0 Å². The number of hydrogen-bond donors (Lipinski definition) is 2. The molecule has 0 aliphatic carbocycles. The molecule has 4 rings (SSSR count). The molecular formula is C30H26BrNO5. The van der Waals surface area contributed by atoms with E-state index in [4.69, 9.17) is 9.47 Å². The Kier molecular flexibility index (Phi) is 8.94. The van der Waals surface area contributed by atoms with Crippen LogP contribution in [0.25, 0.3) is 0 Å². The van der Waals surface area contributed by atoms with Crippen LogP contribution in [0.4, 0.5) is 5.69 Å². The van der Waals surface area contributed by atoms with Crippen molar-refractivity contribution in [2.24, 2.45) is 0 Å². The molecule has 4 aromatic rings. The number of anilines is 1. The van der Waals surface area contributed by atoms with Gasteiger partial charge in [0.1, 0.15) is 30.8 Å². The predicted octanol–water partition coefficient (Wildman–Crippen LogP) is 6.25. The molecule has 1 unspecified atom stereocenters. The average molecular weight is 560 g/mol. The highest BCUT2D eigenvalue weighted by molar-refractivity contribution is 9.10. The standard InChI is InChI=1S/C30H26BrNO5/c31-25-11-5-7-13-28(25)37-19-18-36-23-16-14-21(15-17-23)20-27(30(34)35)32-26-12-6-4-10-24(26)29(33)22-8-2-1-3-9-22/h1-17,27,32H,18-20H2,(H,34,35). The van der Waals surface area contributed by atoms with E-state index in [1.54, 1.807) is 60.7 Å². The zero-order valence-corrected chi connectivity index (χ0v) is 21.6. The number of nitrogens with one attached hydrogen (secondary N) is 1. The minimum atomic E-state index is -1.01. The molecule has 7 heteroatoms. The maximum Gasteiger partial charge on any atom is 0.326 e. The van der Waals surface area contributed by atoms with Crippen LogP contribution in [0.3, 0.4) is 0 Å². The van der Waals surface area contributed by atoms with E-state index < -0.39 is 12.0 Å². The van der Waals surface area contributed by atoms with Gasteiger partial charge in [-0.3, -0.25) is 4.79 Å². The molecule has 6 nitrogen and oxygen atoms in total. The SMILES string of the molecule is O=C(c1ccccc1)c1ccccc1NC(Cc1ccc(OCCOc2ccccc2Br)cc1)C(=O)O. The number of benzene rings is 4. The molecule has 0 radical (unpaired) electrons. The number of ether oxygens (including phenoxy) is 2. The summed E-state index contributed by atoms with van der Waals surface area (Å²) in [6, 6.07) is 29.8.